The molecule has 1 aromatic heterocycles. The van der Waals surface area contributed by atoms with Crippen molar-refractivity contribution in [1.29, 1.82) is 0 Å². The lowest BCUT2D eigenvalue weighted by Crippen LogP contribution is -2.34. The molecular weight excluding hydrogens is 362 g/mol. The van der Waals surface area contributed by atoms with E-state index >= 15 is 0 Å². The maximum absolute atomic E-state index is 6.09. The topological polar surface area (TPSA) is 15.8 Å². The number of nitrogens with one attached hydrogen (secondary N) is 1. The molecule has 28 heavy (non-hydrogen) atoms. The molecule has 5 rings (SSSR count). The number of rotatable bonds is 1. The van der Waals surface area contributed by atoms with Gasteiger partial charge in [-0.3, -0.25) is 0 Å². The van der Waals surface area contributed by atoms with Gasteiger partial charge in [0.2, 0.25) is 0 Å². The second-order valence-corrected chi connectivity index (χ2v) is 10.3. The lowest BCUT2D eigenvalue weighted by Gasteiger charge is -2.42. The van der Waals surface area contributed by atoms with Crippen LogP contribution in [0.25, 0.3) is 22.4 Å². The van der Waals surface area contributed by atoms with E-state index in [-0.39, 0.29) is 10.8 Å². The molecule has 144 valence electrons. The Labute approximate surface area is 173 Å². The maximum atomic E-state index is 6.09. The Morgan fingerprint density at radius 2 is 1.46 bits per heavy atom. The zero-order chi connectivity index (χ0) is 19.7. The van der Waals surface area contributed by atoms with Gasteiger partial charge in [-0.1, -0.05) is 57.5 Å². The highest BCUT2D eigenvalue weighted by atomic mass is 35.5. The van der Waals surface area contributed by atoms with Crippen molar-refractivity contribution in [3.8, 4) is 22.4 Å². The summed E-state index contributed by atoms with van der Waals surface area (Å²) in [4.78, 5) is 3.62. The minimum atomic E-state index is 0.239. The average Bonchev–Trinajstić information content (AvgIpc) is 3.10. The molecule has 1 N–H and O–H groups in total. The van der Waals surface area contributed by atoms with Gasteiger partial charge in [0.15, 0.2) is 0 Å². The van der Waals surface area contributed by atoms with Crippen LogP contribution < -0.4 is 0 Å². The first-order valence-corrected chi connectivity index (χ1v) is 10.8. The van der Waals surface area contributed by atoms with Crippen LogP contribution in [0.2, 0.25) is 5.02 Å². The summed E-state index contributed by atoms with van der Waals surface area (Å²) in [5.74, 6) is 0. The molecule has 1 heterocycles. The first-order valence-electron chi connectivity index (χ1n) is 10.4. The number of hydrogen-bond acceptors (Lipinski definition) is 0. The zero-order valence-corrected chi connectivity index (χ0v) is 18.0. The number of hydrogen-bond donors (Lipinski definition) is 1. The predicted molar refractivity (Wildman–Crippen MR) is 119 cm³/mol. The van der Waals surface area contributed by atoms with E-state index in [9.17, 15) is 0 Å². The number of halogens is 1. The summed E-state index contributed by atoms with van der Waals surface area (Å²) in [5, 5.41) is 0.787. The summed E-state index contributed by atoms with van der Waals surface area (Å²) in [6, 6.07) is 13.2. The third kappa shape index (κ3) is 2.67. The summed E-state index contributed by atoms with van der Waals surface area (Å²) in [6.45, 7) is 9.64. The Balaban J connectivity index is 1.68. The van der Waals surface area contributed by atoms with Crippen LogP contribution in [-0.2, 0) is 23.7 Å². The molecule has 0 spiro atoms. The molecule has 0 saturated carbocycles. The van der Waals surface area contributed by atoms with Crippen molar-refractivity contribution in [3.63, 3.8) is 0 Å². The molecule has 0 saturated heterocycles. The minimum Gasteiger partial charge on any atom is -0.360 e. The molecule has 0 fully saturated rings. The van der Waals surface area contributed by atoms with Crippen LogP contribution >= 0.6 is 11.6 Å². The van der Waals surface area contributed by atoms with Crippen molar-refractivity contribution in [2.24, 2.45) is 0 Å². The molecule has 2 heteroatoms. The second kappa shape index (κ2) is 6.00. The first kappa shape index (κ1) is 18.1. The third-order valence-electron chi connectivity index (χ3n) is 7.13. The molecule has 0 unspecified atom stereocenters. The molecular formula is C26H28ClN. The van der Waals surface area contributed by atoms with Gasteiger partial charge in [-0.15, -0.1) is 0 Å². The molecule has 2 aliphatic rings. The molecule has 0 aliphatic heterocycles. The van der Waals surface area contributed by atoms with Gasteiger partial charge in [0.25, 0.3) is 0 Å². The van der Waals surface area contributed by atoms with E-state index in [1.807, 2.05) is 12.1 Å². The molecule has 0 bridgehead atoms. The van der Waals surface area contributed by atoms with Gasteiger partial charge in [0, 0.05) is 28.0 Å². The second-order valence-electron chi connectivity index (χ2n) is 9.89. The third-order valence-corrected chi connectivity index (χ3v) is 7.39. The van der Waals surface area contributed by atoms with E-state index in [2.05, 4.69) is 63.1 Å². The predicted octanol–water partition coefficient (Wildman–Crippen LogP) is 7.45. The van der Waals surface area contributed by atoms with Gasteiger partial charge in [0.05, 0.1) is 0 Å². The van der Waals surface area contributed by atoms with E-state index in [1.54, 1.807) is 5.56 Å². The largest absolute Gasteiger partial charge is 0.360 e. The van der Waals surface area contributed by atoms with Gasteiger partial charge in [-0.2, -0.15) is 0 Å². The fourth-order valence-electron chi connectivity index (χ4n) is 5.20. The number of aryl methyl sites for hydroxylation is 1. The van der Waals surface area contributed by atoms with Crippen molar-refractivity contribution in [2.45, 2.75) is 64.2 Å². The Kier molecular flexibility index (Phi) is 3.87. The van der Waals surface area contributed by atoms with Crippen molar-refractivity contribution in [1.82, 2.24) is 4.98 Å². The monoisotopic (exact) mass is 389 g/mol. The molecule has 2 aromatic carbocycles. The van der Waals surface area contributed by atoms with Crippen LogP contribution in [0.5, 0.6) is 0 Å². The molecule has 0 radical (unpaired) electrons. The minimum absolute atomic E-state index is 0.239. The normalized spacial score (nSPS) is 18.9. The van der Waals surface area contributed by atoms with Crippen molar-refractivity contribution < 1.29 is 0 Å². The lowest BCUT2D eigenvalue weighted by atomic mass is 9.62. The quantitative estimate of drug-likeness (QED) is 0.444. The number of benzene rings is 2. The van der Waals surface area contributed by atoms with Gasteiger partial charge in [-0.25, -0.2) is 0 Å². The Morgan fingerprint density at radius 1 is 0.821 bits per heavy atom. The van der Waals surface area contributed by atoms with Crippen LogP contribution in [0.15, 0.2) is 42.6 Å². The summed E-state index contributed by atoms with van der Waals surface area (Å²) < 4.78 is 0. The fraction of sp³-hybridized carbons (Fsp3) is 0.385. The molecule has 1 nitrogen and oxygen atoms in total. The number of aromatic amines is 1. The van der Waals surface area contributed by atoms with Crippen LogP contribution in [0.3, 0.4) is 0 Å². The van der Waals surface area contributed by atoms with E-state index in [0.717, 1.165) is 17.9 Å². The highest BCUT2D eigenvalue weighted by molar-refractivity contribution is 6.30. The van der Waals surface area contributed by atoms with Crippen LogP contribution in [-0.4, -0.2) is 4.98 Å². The summed E-state index contributed by atoms with van der Waals surface area (Å²) in [5.41, 5.74) is 11.8. The van der Waals surface area contributed by atoms with Crippen molar-refractivity contribution >= 4 is 11.6 Å². The van der Waals surface area contributed by atoms with Crippen LogP contribution in [0.1, 0.15) is 62.8 Å². The van der Waals surface area contributed by atoms with E-state index in [0.29, 0.717) is 0 Å². The molecule has 3 aromatic rings. The van der Waals surface area contributed by atoms with Gasteiger partial charge in [0.1, 0.15) is 0 Å². The van der Waals surface area contributed by atoms with Crippen molar-refractivity contribution in [2.75, 3.05) is 0 Å². The molecule has 0 amide bonds. The highest BCUT2D eigenvalue weighted by Gasteiger charge is 2.38. The van der Waals surface area contributed by atoms with Crippen molar-refractivity contribution in [3.05, 3.63) is 69.9 Å². The van der Waals surface area contributed by atoms with E-state index in [1.165, 1.54) is 51.9 Å². The number of aromatic nitrogens is 1. The summed E-state index contributed by atoms with van der Waals surface area (Å²) in [6.07, 6.45) is 6.90. The zero-order valence-electron chi connectivity index (χ0n) is 17.2. The van der Waals surface area contributed by atoms with Gasteiger partial charge >= 0.3 is 0 Å². The van der Waals surface area contributed by atoms with Crippen LogP contribution in [0.4, 0.5) is 0 Å². The smallest absolute Gasteiger partial charge is 0.0495 e. The van der Waals surface area contributed by atoms with Gasteiger partial charge in [-0.05, 0) is 82.5 Å². The van der Waals surface area contributed by atoms with Crippen LogP contribution in [0, 0.1) is 0 Å². The van der Waals surface area contributed by atoms with E-state index < -0.39 is 0 Å². The van der Waals surface area contributed by atoms with E-state index in [4.69, 9.17) is 11.6 Å². The lowest BCUT2D eigenvalue weighted by molar-refractivity contribution is 0.331. The number of H-pyrrole nitrogens is 1. The Morgan fingerprint density at radius 3 is 2.14 bits per heavy atom. The standard InChI is InChI=1S/C26H28ClN/c1-25(2)11-12-26(3,4)23-14-20-17(13-22(23)25)7-10-19-21(15-28-24(19)20)16-5-8-18(27)9-6-16/h5-6,8-9,13-15,28H,7,10-12H2,1-4H3. The summed E-state index contributed by atoms with van der Waals surface area (Å²) in [7, 11) is 0. The SMILES string of the molecule is CC1(C)CCC(C)(C)c2cc3c(cc21)CCc1c(-c2ccc(Cl)cc2)c[nH]c1-3. The molecule has 0 atom stereocenters. The summed E-state index contributed by atoms with van der Waals surface area (Å²) >= 11 is 6.09. The Hall–Kier alpha value is -1.99. The van der Waals surface area contributed by atoms with Gasteiger partial charge < -0.3 is 4.98 Å². The maximum Gasteiger partial charge on any atom is 0.0495 e. The fourth-order valence-corrected chi connectivity index (χ4v) is 5.32. The highest BCUT2D eigenvalue weighted by Crippen LogP contribution is 2.49. The first-order chi connectivity index (χ1) is 13.3. The average molecular weight is 390 g/mol. The number of fused-ring (bicyclic) bond motifs is 4. The molecule has 2 aliphatic carbocycles. The Bertz CT molecular complexity index is 1070.